The van der Waals surface area contributed by atoms with Gasteiger partial charge in [-0.2, -0.15) is 5.10 Å². The lowest BCUT2D eigenvalue weighted by Crippen LogP contribution is -2.44. The zero-order valence-electron chi connectivity index (χ0n) is 11.9. The van der Waals surface area contributed by atoms with Gasteiger partial charge in [-0.05, 0) is 25.0 Å². The van der Waals surface area contributed by atoms with E-state index in [1.807, 2.05) is 0 Å². The summed E-state index contributed by atoms with van der Waals surface area (Å²) in [6, 6.07) is 5.99. The maximum absolute atomic E-state index is 13.7. The van der Waals surface area contributed by atoms with Gasteiger partial charge in [0.1, 0.15) is 11.5 Å². The topological polar surface area (TPSA) is 70.4 Å². The Morgan fingerprint density at radius 3 is 3.00 bits per heavy atom. The van der Waals surface area contributed by atoms with E-state index in [0.29, 0.717) is 24.5 Å². The van der Waals surface area contributed by atoms with Crippen molar-refractivity contribution in [1.29, 1.82) is 0 Å². The summed E-state index contributed by atoms with van der Waals surface area (Å²) in [5, 5.41) is 16.4. The number of likely N-dealkylation sites (tertiary alicyclic amines) is 1. The second-order valence-electron chi connectivity index (χ2n) is 5.30. The molecule has 2 aromatic rings. The Balaban J connectivity index is 1.69. The Morgan fingerprint density at radius 2 is 2.23 bits per heavy atom. The number of nitrogens with zero attached hydrogens (tertiary/aromatic N) is 3. The fraction of sp³-hybridized carbons (Fsp3) is 0.333. The van der Waals surface area contributed by atoms with Gasteiger partial charge in [-0.3, -0.25) is 0 Å². The van der Waals surface area contributed by atoms with Gasteiger partial charge in [0.05, 0.1) is 24.2 Å². The van der Waals surface area contributed by atoms with Crippen LogP contribution < -0.4 is 5.32 Å². The predicted molar refractivity (Wildman–Crippen MR) is 79.4 cm³/mol. The Bertz CT molecular complexity index is 673. The maximum atomic E-state index is 13.7. The van der Waals surface area contributed by atoms with Crippen LogP contribution in [0.4, 0.5) is 14.9 Å². The molecule has 1 unspecified atom stereocenters. The van der Waals surface area contributed by atoms with Crippen molar-refractivity contribution in [3.63, 3.8) is 0 Å². The van der Waals surface area contributed by atoms with Gasteiger partial charge in [-0.1, -0.05) is 12.1 Å². The summed E-state index contributed by atoms with van der Waals surface area (Å²) in [6.07, 6.45) is 4.04. The van der Waals surface area contributed by atoms with Crippen molar-refractivity contribution in [2.75, 3.05) is 18.4 Å². The molecule has 0 radical (unpaired) electrons. The fourth-order valence-electron chi connectivity index (χ4n) is 2.50. The first kappa shape index (κ1) is 14.5. The monoisotopic (exact) mass is 304 g/mol. The van der Waals surface area contributed by atoms with Crippen LogP contribution in [0.1, 0.15) is 12.8 Å². The molecule has 1 fully saturated rings. The first-order chi connectivity index (χ1) is 10.6. The smallest absolute Gasteiger partial charge is 0.322 e. The van der Waals surface area contributed by atoms with E-state index in [4.69, 9.17) is 0 Å². The maximum Gasteiger partial charge on any atom is 0.322 e. The van der Waals surface area contributed by atoms with Gasteiger partial charge in [-0.15, -0.1) is 0 Å². The quantitative estimate of drug-likeness (QED) is 0.891. The van der Waals surface area contributed by atoms with E-state index in [0.717, 1.165) is 12.8 Å². The minimum absolute atomic E-state index is 0.285. The highest BCUT2D eigenvalue weighted by molar-refractivity contribution is 5.89. The van der Waals surface area contributed by atoms with Gasteiger partial charge in [0.15, 0.2) is 0 Å². The lowest BCUT2D eigenvalue weighted by Gasteiger charge is -2.29. The number of hydrogen-bond acceptors (Lipinski definition) is 3. The molecule has 1 aliphatic rings. The highest BCUT2D eigenvalue weighted by Gasteiger charge is 2.22. The Labute approximate surface area is 127 Å². The van der Waals surface area contributed by atoms with E-state index in [1.54, 1.807) is 29.3 Å². The van der Waals surface area contributed by atoms with Crippen LogP contribution in [0, 0.1) is 5.82 Å². The van der Waals surface area contributed by atoms with Crippen molar-refractivity contribution in [2.24, 2.45) is 0 Å². The van der Waals surface area contributed by atoms with Crippen LogP contribution in [0.2, 0.25) is 0 Å². The minimum Gasteiger partial charge on any atom is -0.391 e. The molecule has 1 saturated heterocycles. The van der Waals surface area contributed by atoms with Crippen molar-refractivity contribution in [3.8, 4) is 5.69 Å². The number of amides is 2. The highest BCUT2D eigenvalue weighted by Crippen LogP contribution is 2.16. The first-order valence-corrected chi connectivity index (χ1v) is 7.17. The lowest BCUT2D eigenvalue weighted by atomic mass is 10.1. The zero-order valence-corrected chi connectivity index (χ0v) is 11.9. The molecule has 2 amide bonds. The van der Waals surface area contributed by atoms with Gasteiger partial charge in [0.25, 0.3) is 0 Å². The Kier molecular flexibility index (Phi) is 4.06. The molecule has 2 N–H and O–H groups in total. The molecule has 2 heterocycles. The van der Waals surface area contributed by atoms with Gasteiger partial charge in [-0.25, -0.2) is 13.9 Å². The van der Waals surface area contributed by atoms with Crippen LogP contribution in [0.25, 0.3) is 5.69 Å². The van der Waals surface area contributed by atoms with Gasteiger partial charge in [0.2, 0.25) is 0 Å². The van der Waals surface area contributed by atoms with E-state index in [2.05, 4.69) is 10.4 Å². The molecule has 7 heteroatoms. The van der Waals surface area contributed by atoms with Crippen LogP contribution in [0.3, 0.4) is 0 Å². The number of hydrogen-bond donors (Lipinski definition) is 2. The summed E-state index contributed by atoms with van der Waals surface area (Å²) in [4.78, 5) is 13.7. The molecule has 1 aromatic heterocycles. The number of benzene rings is 1. The number of rotatable bonds is 2. The first-order valence-electron chi connectivity index (χ1n) is 7.17. The molecular weight excluding hydrogens is 287 g/mol. The highest BCUT2D eigenvalue weighted by atomic mass is 19.1. The molecule has 1 aromatic carbocycles. The van der Waals surface area contributed by atoms with E-state index < -0.39 is 6.10 Å². The number of β-amino-alcohol motifs (C(OH)–C–C–N with tert-alkyl or cyclic N) is 1. The lowest BCUT2D eigenvalue weighted by molar-refractivity contribution is 0.0883. The number of aliphatic hydroxyl groups is 1. The largest absolute Gasteiger partial charge is 0.391 e. The molecule has 22 heavy (non-hydrogen) atoms. The van der Waals surface area contributed by atoms with Gasteiger partial charge in [0, 0.05) is 13.1 Å². The number of halogens is 1. The van der Waals surface area contributed by atoms with Gasteiger partial charge >= 0.3 is 6.03 Å². The van der Waals surface area contributed by atoms with Crippen molar-refractivity contribution in [1.82, 2.24) is 14.7 Å². The third-order valence-electron chi connectivity index (χ3n) is 3.62. The third-order valence-corrected chi connectivity index (χ3v) is 3.62. The molecule has 1 atom stereocenters. The van der Waals surface area contributed by atoms with Crippen LogP contribution in [0.5, 0.6) is 0 Å². The summed E-state index contributed by atoms with van der Waals surface area (Å²) in [6.45, 7) is 0.942. The predicted octanol–water partition coefficient (Wildman–Crippen LogP) is 2.00. The molecule has 0 saturated carbocycles. The summed E-state index contributed by atoms with van der Waals surface area (Å²) >= 11 is 0. The molecule has 0 spiro atoms. The summed E-state index contributed by atoms with van der Waals surface area (Å²) < 4.78 is 15.1. The number of carbonyl (C=O) groups is 1. The number of aliphatic hydroxyl groups excluding tert-OH is 1. The SMILES string of the molecule is O=C(Nc1cnn(-c2ccccc2F)c1)N1CCCC(O)C1. The average Bonchev–Trinajstić information content (AvgIpc) is 2.96. The molecule has 3 rings (SSSR count). The number of para-hydroxylation sites is 1. The number of nitrogens with one attached hydrogen (secondary N) is 1. The molecule has 0 bridgehead atoms. The average molecular weight is 304 g/mol. The summed E-state index contributed by atoms with van der Waals surface area (Å²) in [5.74, 6) is -0.386. The number of urea groups is 1. The normalized spacial score (nSPS) is 18.3. The molecule has 116 valence electrons. The van der Waals surface area contributed by atoms with Crippen LogP contribution in [-0.2, 0) is 0 Å². The Morgan fingerprint density at radius 1 is 1.41 bits per heavy atom. The number of aromatic nitrogens is 2. The van der Waals surface area contributed by atoms with E-state index in [1.165, 1.54) is 16.9 Å². The van der Waals surface area contributed by atoms with Crippen molar-refractivity contribution in [3.05, 3.63) is 42.5 Å². The number of anilines is 1. The summed E-state index contributed by atoms with van der Waals surface area (Å²) in [5.41, 5.74) is 0.796. The third kappa shape index (κ3) is 3.09. The van der Waals surface area contributed by atoms with E-state index in [-0.39, 0.29) is 11.8 Å². The van der Waals surface area contributed by atoms with Crippen molar-refractivity contribution >= 4 is 11.7 Å². The molecule has 6 nitrogen and oxygen atoms in total. The second kappa shape index (κ2) is 6.15. The van der Waals surface area contributed by atoms with Crippen molar-refractivity contribution in [2.45, 2.75) is 18.9 Å². The van der Waals surface area contributed by atoms with Crippen LogP contribution in [-0.4, -0.2) is 45.0 Å². The van der Waals surface area contributed by atoms with E-state index >= 15 is 0 Å². The molecular formula is C15H17FN4O2. The molecule has 1 aliphatic heterocycles. The van der Waals surface area contributed by atoms with Gasteiger partial charge < -0.3 is 15.3 Å². The molecule has 0 aliphatic carbocycles. The Hall–Kier alpha value is -2.41. The number of piperidine rings is 1. The summed E-state index contributed by atoms with van der Waals surface area (Å²) in [7, 11) is 0. The second-order valence-corrected chi connectivity index (χ2v) is 5.30. The van der Waals surface area contributed by atoms with Crippen LogP contribution >= 0.6 is 0 Å². The zero-order chi connectivity index (χ0) is 15.5. The van der Waals surface area contributed by atoms with E-state index in [9.17, 15) is 14.3 Å². The number of carbonyl (C=O) groups excluding carboxylic acids is 1. The van der Waals surface area contributed by atoms with Crippen molar-refractivity contribution < 1.29 is 14.3 Å². The standard InChI is InChI=1S/C15H17FN4O2/c16-13-5-1-2-6-14(13)20-9-11(8-17-20)18-15(22)19-7-3-4-12(21)10-19/h1-2,5-6,8-9,12,21H,3-4,7,10H2,(H,18,22). The minimum atomic E-state index is -0.472. The fourth-order valence-corrected chi connectivity index (χ4v) is 2.50. The van der Waals surface area contributed by atoms with Crippen LogP contribution in [0.15, 0.2) is 36.7 Å².